The molecule has 0 saturated carbocycles. The van der Waals surface area contributed by atoms with E-state index in [2.05, 4.69) is 10.1 Å². The van der Waals surface area contributed by atoms with Gasteiger partial charge in [-0.3, -0.25) is 14.9 Å². The predicted molar refractivity (Wildman–Crippen MR) is 80.4 cm³/mol. The molecule has 3 heterocycles. The highest BCUT2D eigenvalue weighted by Crippen LogP contribution is 2.27. The smallest absolute Gasteiger partial charge is 0.276 e. The van der Waals surface area contributed by atoms with Crippen LogP contribution >= 0.6 is 0 Å². The summed E-state index contributed by atoms with van der Waals surface area (Å²) >= 11 is 0. The van der Waals surface area contributed by atoms with Gasteiger partial charge in [-0.05, 0) is 50.3 Å². The predicted octanol–water partition coefficient (Wildman–Crippen LogP) is 2.27. The minimum absolute atomic E-state index is 0.0538. The van der Waals surface area contributed by atoms with E-state index in [0.717, 1.165) is 59.4 Å². The molecule has 0 bridgehead atoms. The third-order valence-electron chi connectivity index (χ3n) is 4.20. The summed E-state index contributed by atoms with van der Waals surface area (Å²) in [5.41, 5.74) is 5.60. The van der Waals surface area contributed by atoms with Crippen molar-refractivity contribution in [3.05, 3.63) is 51.8 Å². The Morgan fingerprint density at radius 3 is 2.76 bits per heavy atom. The number of hydrogen-bond acceptors (Lipinski definition) is 3. The van der Waals surface area contributed by atoms with E-state index < -0.39 is 0 Å². The molecule has 3 aromatic heterocycles. The van der Waals surface area contributed by atoms with Crippen molar-refractivity contribution in [3.8, 4) is 11.1 Å². The second kappa shape index (κ2) is 4.55. The van der Waals surface area contributed by atoms with E-state index in [1.165, 1.54) is 0 Å². The fourth-order valence-corrected chi connectivity index (χ4v) is 3.18. The van der Waals surface area contributed by atoms with Crippen LogP contribution in [0.25, 0.3) is 16.8 Å². The molecule has 0 spiro atoms. The van der Waals surface area contributed by atoms with Crippen LogP contribution in [-0.4, -0.2) is 19.6 Å². The van der Waals surface area contributed by atoms with E-state index in [-0.39, 0.29) is 5.56 Å². The van der Waals surface area contributed by atoms with Gasteiger partial charge in [0, 0.05) is 29.2 Å². The van der Waals surface area contributed by atoms with E-state index in [1.54, 1.807) is 16.9 Å². The van der Waals surface area contributed by atoms with Crippen molar-refractivity contribution in [2.24, 2.45) is 0 Å². The Balaban J connectivity index is 2.07. The zero-order valence-corrected chi connectivity index (χ0v) is 11.9. The van der Waals surface area contributed by atoms with Gasteiger partial charge in [-0.1, -0.05) is 0 Å². The maximum atomic E-state index is 12.6. The summed E-state index contributed by atoms with van der Waals surface area (Å²) in [6.07, 6.45) is 7.45. The molecule has 0 amide bonds. The highest BCUT2D eigenvalue weighted by atomic mass is 16.1. The Morgan fingerprint density at radius 2 is 1.95 bits per heavy atom. The Hall–Kier alpha value is -2.43. The molecule has 1 aliphatic rings. The second-order valence-corrected chi connectivity index (χ2v) is 5.56. The minimum atomic E-state index is 0.0538. The number of nitrogens with one attached hydrogen (secondary N) is 1. The molecular weight excluding hydrogens is 264 g/mol. The first kappa shape index (κ1) is 12.3. The lowest BCUT2D eigenvalue weighted by Crippen LogP contribution is -2.25. The molecule has 0 atom stereocenters. The molecule has 0 aromatic carbocycles. The lowest BCUT2D eigenvalue weighted by Gasteiger charge is -2.13. The maximum absolute atomic E-state index is 12.6. The molecular formula is C16H16N4O. The largest absolute Gasteiger partial charge is 0.293 e. The normalized spacial score (nSPS) is 14.3. The summed E-state index contributed by atoms with van der Waals surface area (Å²) in [6.45, 7) is 1.98. The van der Waals surface area contributed by atoms with Crippen LogP contribution in [-0.2, 0) is 12.8 Å². The van der Waals surface area contributed by atoms with E-state index in [4.69, 9.17) is 4.98 Å². The zero-order valence-electron chi connectivity index (χ0n) is 11.9. The molecule has 0 radical (unpaired) electrons. The van der Waals surface area contributed by atoms with Gasteiger partial charge in [-0.15, -0.1) is 0 Å². The van der Waals surface area contributed by atoms with Crippen molar-refractivity contribution in [3.63, 3.8) is 0 Å². The molecule has 4 rings (SSSR count). The summed E-state index contributed by atoms with van der Waals surface area (Å²) < 4.78 is 1.59. The Bertz CT molecular complexity index is 877. The van der Waals surface area contributed by atoms with E-state index in [1.807, 2.05) is 19.1 Å². The first-order chi connectivity index (χ1) is 10.3. The number of hydrogen-bond donors (Lipinski definition) is 1. The van der Waals surface area contributed by atoms with Crippen molar-refractivity contribution >= 4 is 5.65 Å². The average molecular weight is 280 g/mol. The molecule has 0 aliphatic heterocycles. The van der Waals surface area contributed by atoms with Crippen molar-refractivity contribution in [2.75, 3.05) is 0 Å². The highest BCUT2D eigenvalue weighted by Gasteiger charge is 2.20. The SMILES string of the molecule is Cc1[nH]n2c(=O)c3c(nc2c1-c1ccncc1)CCCC3. The summed E-state index contributed by atoms with van der Waals surface area (Å²) in [5, 5.41) is 3.17. The van der Waals surface area contributed by atoms with Gasteiger partial charge in [-0.2, -0.15) is 0 Å². The Labute approximate surface area is 121 Å². The molecule has 5 nitrogen and oxygen atoms in total. The van der Waals surface area contributed by atoms with Crippen LogP contribution in [0.5, 0.6) is 0 Å². The van der Waals surface area contributed by atoms with E-state index in [9.17, 15) is 4.79 Å². The first-order valence-electron chi connectivity index (χ1n) is 7.29. The van der Waals surface area contributed by atoms with Crippen molar-refractivity contribution in [2.45, 2.75) is 32.6 Å². The number of rotatable bonds is 1. The number of pyridine rings is 1. The Morgan fingerprint density at radius 1 is 1.19 bits per heavy atom. The molecule has 0 unspecified atom stereocenters. The van der Waals surface area contributed by atoms with Crippen LogP contribution in [0.3, 0.4) is 0 Å². The number of H-pyrrole nitrogens is 1. The molecule has 106 valence electrons. The van der Waals surface area contributed by atoms with Crippen LogP contribution in [0.15, 0.2) is 29.3 Å². The molecule has 0 fully saturated rings. The number of aromatic nitrogens is 4. The van der Waals surface area contributed by atoms with Crippen molar-refractivity contribution in [1.82, 2.24) is 19.6 Å². The Kier molecular flexibility index (Phi) is 2.67. The molecule has 3 aromatic rings. The van der Waals surface area contributed by atoms with Crippen LogP contribution in [0, 0.1) is 6.92 Å². The second-order valence-electron chi connectivity index (χ2n) is 5.56. The highest BCUT2D eigenvalue weighted by molar-refractivity contribution is 5.79. The van der Waals surface area contributed by atoms with Gasteiger partial charge in [0.2, 0.25) is 0 Å². The molecule has 0 saturated heterocycles. The lowest BCUT2D eigenvalue weighted by molar-refractivity contribution is 0.651. The first-order valence-corrected chi connectivity index (χ1v) is 7.29. The van der Waals surface area contributed by atoms with Crippen LogP contribution in [0.4, 0.5) is 0 Å². The quantitative estimate of drug-likeness (QED) is 0.743. The van der Waals surface area contributed by atoms with Crippen molar-refractivity contribution < 1.29 is 0 Å². The monoisotopic (exact) mass is 280 g/mol. The molecule has 21 heavy (non-hydrogen) atoms. The molecule has 5 heteroatoms. The fraction of sp³-hybridized carbons (Fsp3) is 0.312. The van der Waals surface area contributed by atoms with Gasteiger partial charge >= 0.3 is 0 Å². The zero-order chi connectivity index (χ0) is 14.4. The summed E-state index contributed by atoms with van der Waals surface area (Å²) in [6, 6.07) is 3.89. The third kappa shape index (κ3) is 1.81. The molecule has 1 N–H and O–H groups in total. The topological polar surface area (TPSA) is 63.0 Å². The van der Waals surface area contributed by atoms with Gasteiger partial charge in [0.05, 0.1) is 5.69 Å². The third-order valence-corrected chi connectivity index (χ3v) is 4.20. The maximum Gasteiger partial charge on any atom is 0.276 e. The van der Waals surface area contributed by atoms with Crippen molar-refractivity contribution in [1.29, 1.82) is 0 Å². The van der Waals surface area contributed by atoms with E-state index in [0.29, 0.717) is 0 Å². The van der Waals surface area contributed by atoms with Crippen LogP contribution in [0.2, 0.25) is 0 Å². The van der Waals surface area contributed by atoms with Gasteiger partial charge in [0.1, 0.15) is 0 Å². The lowest BCUT2D eigenvalue weighted by atomic mass is 9.97. The van der Waals surface area contributed by atoms with Gasteiger partial charge < -0.3 is 0 Å². The number of aryl methyl sites for hydroxylation is 2. The summed E-state index contributed by atoms with van der Waals surface area (Å²) in [5.74, 6) is 0. The van der Waals surface area contributed by atoms with Gasteiger partial charge in [-0.25, -0.2) is 9.50 Å². The van der Waals surface area contributed by atoms with Crippen LogP contribution < -0.4 is 5.56 Å². The van der Waals surface area contributed by atoms with E-state index >= 15 is 0 Å². The summed E-state index contributed by atoms with van der Waals surface area (Å²) in [4.78, 5) is 21.5. The minimum Gasteiger partial charge on any atom is -0.293 e. The number of aromatic amines is 1. The number of fused-ring (bicyclic) bond motifs is 2. The number of nitrogens with zero attached hydrogens (tertiary/aromatic N) is 3. The fourth-order valence-electron chi connectivity index (χ4n) is 3.18. The molecule has 1 aliphatic carbocycles. The summed E-state index contributed by atoms with van der Waals surface area (Å²) in [7, 11) is 0. The van der Waals surface area contributed by atoms with Gasteiger partial charge in [0.15, 0.2) is 5.65 Å². The van der Waals surface area contributed by atoms with Gasteiger partial charge in [0.25, 0.3) is 5.56 Å². The standard InChI is InChI=1S/C16H16N4O/c1-10-14(11-6-8-17-9-7-11)15-18-13-5-3-2-4-12(13)16(21)20(15)19-10/h6-9,19H,2-5H2,1H3. The van der Waals surface area contributed by atoms with Crippen LogP contribution in [0.1, 0.15) is 29.8 Å². The average Bonchev–Trinajstić information content (AvgIpc) is 2.85.